The highest BCUT2D eigenvalue weighted by atomic mass is 16.2. The van der Waals surface area contributed by atoms with Gasteiger partial charge < -0.3 is 14.7 Å². The molecule has 2 heterocycles. The number of anilines is 1. The van der Waals surface area contributed by atoms with Crippen molar-refractivity contribution in [2.45, 2.75) is 12.6 Å². The van der Waals surface area contributed by atoms with Gasteiger partial charge in [0.1, 0.15) is 6.04 Å². The molecular formula is C32H27N3O3. The van der Waals surface area contributed by atoms with Crippen molar-refractivity contribution >= 4 is 23.4 Å². The molecule has 4 aromatic rings. The zero-order valence-corrected chi connectivity index (χ0v) is 20.9. The Balaban J connectivity index is 1.27. The molecule has 1 atom stereocenters. The van der Waals surface area contributed by atoms with Gasteiger partial charge in [-0.25, -0.2) is 0 Å². The molecule has 3 amide bonds. The highest BCUT2D eigenvalue weighted by Crippen LogP contribution is 2.31. The molecule has 188 valence electrons. The number of carbonyl (C=O) groups is 3. The normalized spacial score (nSPS) is 17.1. The van der Waals surface area contributed by atoms with Crippen molar-refractivity contribution in [3.05, 3.63) is 126 Å². The minimum Gasteiger partial charge on any atom is -0.334 e. The highest BCUT2D eigenvalue weighted by Gasteiger charge is 2.43. The maximum atomic E-state index is 14.0. The van der Waals surface area contributed by atoms with E-state index in [4.69, 9.17) is 0 Å². The average molecular weight is 502 g/mol. The smallest absolute Gasteiger partial charge is 0.256 e. The van der Waals surface area contributed by atoms with E-state index in [1.807, 2.05) is 103 Å². The quantitative estimate of drug-likeness (QED) is 0.401. The van der Waals surface area contributed by atoms with Crippen molar-refractivity contribution in [2.24, 2.45) is 0 Å². The Morgan fingerprint density at radius 2 is 1.34 bits per heavy atom. The van der Waals surface area contributed by atoms with Crippen molar-refractivity contribution in [3.8, 4) is 11.1 Å². The molecule has 0 spiro atoms. The van der Waals surface area contributed by atoms with Crippen LogP contribution in [0.25, 0.3) is 11.1 Å². The second-order valence-corrected chi connectivity index (χ2v) is 9.64. The maximum absolute atomic E-state index is 14.0. The van der Waals surface area contributed by atoms with Gasteiger partial charge in [0.05, 0.1) is 24.3 Å². The van der Waals surface area contributed by atoms with Crippen LogP contribution in [-0.2, 0) is 11.3 Å². The fourth-order valence-electron chi connectivity index (χ4n) is 5.31. The van der Waals surface area contributed by atoms with Crippen LogP contribution < -0.4 is 4.90 Å². The van der Waals surface area contributed by atoms with Crippen molar-refractivity contribution in [1.29, 1.82) is 0 Å². The molecule has 6 heteroatoms. The number of amides is 3. The Kier molecular flexibility index (Phi) is 6.22. The molecule has 1 fully saturated rings. The molecule has 2 aliphatic heterocycles. The summed E-state index contributed by atoms with van der Waals surface area (Å²) >= 11 is 0. The fraction of sp³-hybridized carbons (Fsp3) is 0.156. The van der Waals surface area contributed by atoms with E-state index in [9.17, 15) is 14.4 Å². The zero-order chi connectivity index (χ0) is 26.1. The third-order valence-corrected chi connectivity index (χ3v) is 7.33. The molecule has 0 bridgehead atoms. The molecule has 0 radical (unpaired) electrons. The Morgan fingerprint density at radius 1 is 0.711 bits per heavy atom. The van der Waals surface area contributed by atoms with Gasteiger partial charge in [-0.1, -0.05) is 84.9 Å². The van der Waals surface area contributed by atoms with Gasteiger partial charge in [-0.2, -0.15) is 0 Å². The van der Waals surface area contributed by atoms with Crippen LogP contribution in [0.1, 0.15) is 26.3 Å². The van der Waals surface area contributed by atoms with E-state index in [-0.39, 0.29) is 24.3 Å². The molecule has 6 nitrogen and oxygen atoms in total. The Bertz CT molecular complexity index is 1490. The van der Waals surface area contributed by atoms with Crippen molar-refractivity contribution < 1.29 is 14.4 Å². The summed E-state index contributed by atoms with van der Waals surface area (Å²) in [5, 5.41) is 0. The summed E-state index contributed by atoms with van der Waals surface area (Å²) in [7, 11) is 0. The first-order valence-electron chi connectivity index (χ1n) is 12.8. The minimum atomic E-state index is -0.750. The number of carbonyl (C=O) groups excluding carboxylic acids is 3. The van der Waals surface area contributed by atoms with E-state index in [0.717, 1.165) is 16.7 Å². The van der Waals surface area contributed by atoms with Crippen LogP contribution in [-0.4, -0.2) is 53.2 Å². The van der Waals surface area contributed by atoms with Crippen molar-refractivity contribution in [3.63, 3.8) is 0 Å². The van der Waals surface area contributed by atoms with Crippen LogP contribution >= 0.6 is 0 Å². The third kappa shape index (κ3) is 4.34. The number of rotatable bonds is 4. The van der Waals surface area contributed by atoms with Gasteiger partial charge in [-0.3, -0.25) is 14.4 Å². The summed E-state index contributed by atoms with van der Waals surface area (Å²) < 4.78 is 0. The monoisotopic (exact) mass is 501 g/mol. The molecule has 4 aromatic carbocycles. The van der Waals surface area contributed by atoms with Gasteiger partial charge in [0.15, 0.2) is 0 Å². The van der Waals surface area contributed by atoms with Gasteiger partial charge in [0, 0.05) is 18.7 Å². The molecule has 0 saturated carbocycles. The Morgan fingerprint density at radius 3 is 2.08 bits per heavy atom. The summed E-state index contributed by atoms with van der Waals surface area (Å²) in [5.74, 6) is -0.487. The van der Waals surface area contributed by atoms with Crippen LogP contribution in [0.5, 0.6) is 0 Å². The topological polar surface area (TPSA) is 60.9 Å². The van der Waals surface area contributed by atoms with Gasteiger partial charge in [0.2, 0.25) is 0 Å². The number of fused-ring (bicyclic) bond motifs is 2. The van der Waals surface area contributed by atoms with Crippen LogP contribution in [0.2, 0.25) is 0 Å². The first kappa shape index (κ1) is 23.7. The second kappa shape index (κ2) is 9.98. The number of hydrogen-bond acceptors (Lipinski definition) is 3. The number of benzene rings is 4. The molecular weight excluding hydrogens is 474 g/mol. The van der Waals surface area contributed by atoms with E-state index < -0.39 is 6.04 Å². The highest BCUT2D eigenvalue weighted by molar-refractivity contribution is 6.11. The average Bonchev–Trinajstić information content (AvgIpc) is 3.07. The summed E-state index contributed by atoms with van der Waals surface area (Å²) in [6.07, 6.45) is 0. The first-order chi connectivity index (χ1) is 18.6. The number of para-hydroxylation sites is 1. The molecule has 1 saturated heterocycles. The number of nitrogens with zero attached hydrogens (tertiary/aromatic N) is 3. The van der Waals surface area contributed by atoms with E-state index in [2.05, 4.69) is 0 Å². The molecule has 0 aliphatic carbocycles. The second-order valence-electron chi connectivity index (χ2n) is 9.64. The lowest BCUT2D eigenvalue weighted by Gasteiger charge is -2.40. The summed E-state index contributed by atoms with van der Waals surface area (Å²) in [6, 6.07) is 33.8. The minimum absolute atomic E-state index is 0.138. The molecule has 38 heavy (non-hydrogen) atoms. The van der Waals surface area contributed by atoms with Crippen molar-refractivity contribution in [1.82, 2.24) is 9.80 Å². The van der Waals surface area contributed by atoms with E-state index in [0.29, 0.717) is 36.4 Å². The molecule has 0 unspecified atom stereocenters. The van der Waals surface area contributed by atoms with Gasteiger partial charge in [-0.15, -0.1) is 0 Å². The predicted molar refractivity (Wildman–Crippen MR) is 147 cm³/mol. The number of piperazine rings is 1. The van der Waals surface area contributed by atoms with Crippen LogP contribution in [0.15, 0.2) is 109 Å². The van der Waals surface area contributed by atoms with Crippen molar-refractivity contribution in [2.75, 3.05) is 24.5 Å². The maximum Gasteiger partial charge on any atom is 0.256 e. The summed E-state index contributed by atoms with van der Waals surface area (Å²) in [6.45, 7) is 1.18. The predicted octanol–water partition coefficient (Wildman–Crippen LogP) is 4.87. The van der Waals surface area contributed by atoms with Crippen LogP contribution in [0, 0.1) is 0 Å². The van der Waals surface area contributed by atoms with E-state index >= 15 is 0 Å². The summed E-state index contributed by atoms with van der Waals surface area (Å²) in [4.78, 5) is 46.1. The zero-order valence-electron chi connectivity index (χ0n) is 20.9. The largest absolute Gasteiger partial charge is 0.334 e. The lowest BCUT2D eigenvalue weighted by Crippen LogP contribution is -2.60. The van der Waals surface area contributed by atoms with Crippen LogP contribution in [0.4, 0.5) is 5.69 Å². The lowest BCUT2D eigenvalue weighted by atomic mass is 10.0. The van der Waals surface area contributed by atoms with E-state index in [1.165, 1.54) is 0 Å². The van der Waals surface area contributed by atoms with Gasteiger partial charge in [-0.05, 0) is 41.0 Å². The molecule has 0 N–H and O–H groups in total. The Hall–Kier alpha value is -4.71. The van der Waals surface area contributed by atoms with E-state index in [1.54, 1.807) is 20.8 Å². The molecule has 6 rings (SSSR count). The molecule has 2 aliphatic rings. The number of hydrogen-bond donors (Lipinski definition) is 0. The lowest BCUT2D eigenvalue weighted by molar-refractivity contribution is -0.124. The standard InChI is InChI=1S/C32H27N3O3/c36-30(26-17-15-25(16-18-26)24-11-5-2-6-12-24)33-19-20-34-29(22-33)32(38)35(21-23-9-3-1-4-10-23)28-14-8-7-13-27(28)31(34)37/h1-18,29H,19-22H2/t29-/m0/s1. The van der Waals surface area contributed by atoms with Gasteiger partial charge in [0.25, 0.3) is 17.7 Å². The fourth-order valence-corrected chi connectivity index (χ4v) is 5.31. The molecule has 0 aromatic heterocycles. The summed E-state index contributed by atoms with van der Waals surface area (Å²) in [5.41, 5.74) is 4.77. The van der Waals surface area contributed by atoms with Gasteiger partial charge >= 0.3 is 0 Å². The SMILES string of the molecule is O=C(c1ccc(-c2ccccc2)cc1)N1CCN2C(=O)c3ccccc3N(Cc3ccccc3)C(=O)[C@@H]2C1. The van der Waals surface area contributed by atoms with Crippen LogP contribution in [0.3, 0.4) is 0 Å². The first-order valence-corrected chi connectivity index (χ1v) is 12.8. The third-order valence-electron chi connectivity index (χ3n) is 7.33. The Labute approximate surface area is 221 Å².